The van der Waals surface area contributed by atoms with Gasteiger partial charge >= 0.3 is 0 Å². The van der Waals surface area contributed by atoms with Gasteiger partial charge in [0.2, 0.25) is 0 Å². The molecule has 8 heteroatoms. The van der Waals surface area contributed by atoms with E-state index in [1.807, 2.05) is 6.08 Å². The number of aliphatic hydroxyl groups is 6. The van der Waals surface area contributed by atoms with Gasteiger partial charge < -0.3 is 41.1 Å². The zero-order valence-electron chi connectivity index (χ0n) is 19.6. The lowest BCUT2D eigenvalue weighted by Gasteiger charge is -2.43. The van der Waals surface area contributed by atoms with Crippen LogP contribution in [-0.4, -0.2) is 86.0 Å². The molecular formula is C24H47NO7. The first-order valence-electron chi connectivity index (χ1n) is 12.4. The Kier molecular flexibility index (Phi) is 15.6. The minimum Gasteiger partial charge on any atom is -0.394 e. The number of hydrogen-bond donors (Lipinski definition) is 7. The van der Waals surface area contributed by atoms with Crippen LogP contribution < -0.4 is 5.73 Å². The van der Waals surface area contributed by atoms with Crippen molar-refractivity contribution in [3.63, 3.8) is 0 Å². The molecule has 1 saturated heterocycles. The smallest absolute Gasteiger partial charge is 0.114 e. The Hall–Kier alpha value is -0.580. The van der Waals surface area contributed by atoms with E-state index in [1.165, 1.54) is 63.9 Å². The summed E-state index contributed by atoms with van der Waals surface area (Å²) in [4.78, 5) is 0. The van der Waals surface area contributed by atoms with Gasteiger partial charge in [0.05, 0.1) is 18.8 Å². The maximum atomic E-state index is 10.4. The highest BCUT2D eigenvalue weighted by atomic mass is 16.6. The molecular weight excluding hydrogens is 414 g/mol. The lowest BCUT2D eigenvalue weighted by atomic mass is 9.88. The highest BCUT2D eigenvalue weighted by molar-refractivity contribution is 5.02. The molecule has 0 amide bonds. The molecule has 1 rings (SSSR count). The van der Waals surface area contributed by atoms with Crippen LogP contribution in [0.15, 0.2) is 12.2 Å². The molecule has 0 bridgehead atoms. The summed E-state index contributed by atoms with van der Waals surface area (Å²) in [5.41, 5.74) is 5.92. The fourth-order valence-electron chi connectivity index (χ4n) is 4.12. The number of hydrogen-bond acceptors (Lipinski definition) is 8. The fourth-order valence-corrected chi connectivity index (χ4v) is 4.12. The normalized spacial score (nSPS) is 29.3. The Morgan fingerprint density at radius 2 is 1.34 bits per heavy atom. The van der Waals surface area contributed by atoms with Gasteiger partial charge in [-0.2, -0.15) is 0 Å². The van der Waals surface area contributed by atoms with E-state index in [2.05, 4.69) is 6.92 Å². The standard InChI is InChI=1S/C24H47NO7/c1-2-3-4-5-6-7-8-9-10-11-12-13-14-15-17(27)19(25)21(29)24-23(31)22(30)20(28)18(16-26)32-24/h14-15,17-24,26-31H,2-13,16,25H2,1H3/t17?,18-,19?,20-,21?,22+,23-,24+/m1/s1. The van der Waals surface area contributed by atoms with Crippen LogP contribution in [0.1, 0.15) is 84.0 Å². The molecule has 8 atom stereocenters. The van der Waals surface area contributed by atoms with Crippen molar-refractivity contribution in [2.45, 2.75) is 133 Å². The molecule has 1 aliphatic heterocycles. The molecule has 190 valence electrons. The third-order valence-electron chi connectivity index (χ3n) is 6.36. The van der Waals surface area contributed by atoms with Crippen molar-refractivity contribution in [2.24, 2.45) is 5.73 Å². The minimum absolute atomic E-state index is 0.592. The maximum Gasteiger partial charge on any atom is 0.114 e. The second kappa shape index (κ2) is 16.9. The van der Waals surface area contributed by atoms with Crippen molar-refractivity contribution in [3.8, 4) is 0 Å². The third-order valence-corrected chi connectivity index (χ3v) is 6.36. The van der Waals surface area contributed by atoms with Gasteiger partial charge in [0.1, 0.15) is 36.6 Å². The molecule has 0 aromatic rings. The Labute approximate surface area is 193 Å². The largest absolute Gasteiger partial charge is 0.394 e. The van der Waals surface area contributed by atoms with E-state index < -0.39 is 55.4 Å². The lowest BCUT2D eigenvalue weighted by molar-refractivity contribution is -0.252. The summed E-state index contributed by atoms with van der Waals surface area (Å²) in [5, 5.41) is 59.7. The maximum absolute atomic E-state index is 10.4. The number of unbranched alkanes of at least 4 members (excludes halogenated alkanes) is 11. The van der Waals surface area contributed by atoms with E-state index >= 15 is 0 Å². The Morgan fingerprint density at radius 3 is 1.88 bits per heavy atom. The molecule has 32 heavy (non-hydrogen) atoms. The van der Waals surface area contributed by atoms with E-state index in [1.54, 1.807) is 0 Å². The van der Waals surface area contributed by atoms with Crippen LogP contribution in [0.2, 0.25) is 0 Å². The molecule has 3 unspecified atom stereocenters. The number of allylic oxidation sites excluding steroid dienone is 1. The summed E-state index contributed by atoms with van der Waals surface area (Å²) < 4.78 is 5.31. The molecule has 0 aliphatic carbocycles. The van der Waals surface area contributed by atoms with Crippen LogP contribution in [0.3, 0.4) is 0 Å². The van der Waals surface area contributed by atoms with Crippen LogP contribution in [0, 0.1) is 0 Å². The van der Waals surface area contributed by atoms with Crippen LogP contribution in [0.5, 0.6) is 0 Å². The summed E-state index contributed by atoms with van der Waals surface area (Å²) in [6, 6.07) is -1.16. The quantitative estimate of drug-likeness (QED) is 0.126. The van der Waals surface area contributed by atoms with Gasteiger partial charge in [-0.25, -0.2) is 0 Å². The fraction of sp³-hybridized carbons (Fsp3) is 0.917. The molecule has 1 heterocycles. The van der Waals surface area contributed by atoms with Gasteiger partial charge in [-0.1, -0.05) is 83.3 Å². The Balaban J connectivity index is 2.22. The summed E-state index contributed by atoms with van der Waals surface area (Å²) in [7, 11) is 0. The van der Waals surface area contributed by atoms with Crippen molar-refractivity contribution in [2.75, 3.05) is 6.61 Å². The SMILES string of the molecule is CCCCCCCCCCCCCC=CC(O)C(N)C(O)[C@@H]1O[C@H](CO)[C@@H](O)[C@H](O)[C@H]1O. The summed E-state index contributed by atoms with van der Waals surface area (Å²) in [6.45, 7) is 1.64. The van der Waals surface area contributed by atoms with Crippen molar-refractivity contribution >= 4 is 0 Å². The van der Waals surface area contributed by atoms with Gasteiger partial charge in [-0.3, -0.25) is 0 Å². The van der Waals surface area contributed by atoms with Gasteiger partial charge in [0.25, 0.3) is 0 Å². The second-order valence-electron chi connectivity index (χ2n) is 9.10. The third kappa shape index (κ3) is 10.1. The van der Waals surface area contributed by atoms with Crippen molar-refractivity contribution in [1.82, 2.24) is 0 Å². The predicted octanol–water partition coefficient (Wildman–Crippen LogP) is 1.14. The molecule has 0 aromatic carbocycles. The van der Waals surface area contributed by atoms with E-state index in [0.717, 1.165) is 19.3 Å². The molecule has 0 aromatic heterocycles. The second-order valence-corrected chi connectivity index (χ2v) is 9.10. The van der Waals surface area contributed by atoms with Crippen LogP contribution >= 0.6 is 0 Å². The van der Waals surface area contributed by atoms with E-state index in [-0.39, 0.29) is 0 Å². The molecule has 0 spiro atoms. The van der Waals surface area contributed by atoms with Crippen LogP contribution in [-0.2, 0) is 4.74 Å². The minimum atomic E-state index is -1.60. The molecule has 0 saturated carbocycles. The lowest BCUT2D eigenvalue weighted by Crippen LogP contribution is -2.64. The summed E-state index contributed by atoms with van der Waals surface area (Å²) >= 11 is 0. The van der Waals surface area contributed by atoms with Gasteiger partial charge in [0.15, 0.2) is 0 Å². The van der Waals surface area contributed by atoms with Crippen LogP contribution in [0.25, 0.3) is 0 Å². The van der Waals surface area contributed by atoms with E-state index in [0.29, 0.717) is 0 Å². The first-order chi connectivity index (χ1) is 15.3. The average molecular weight is 462 g/mol. The molecule has 8 N–H and O–H groups in total. The number of rotatable bonds is 17. The van der Waals surface area contributed by atoms with Gasteiger partial charge in [-0.05, 0) is 12.8 Å². The van der Waals surface area contributed by atoms with E-state index in [4.69, 9.17) is 10.5 Å². The molecule has 1 aliphatic rings. The van der Waals surface area contributed by atoms with Crippen molar-refractivity contribution in [3.05, 3.63) is 12.2 Å². The Bertz CT molecular complexity index is 491. The highest BCUT2D eigenvalue weighted by Crippen LogP contribution is 2.25. The molecule has 1 fully saturated rings. The van der Waals surface area contributed by atoms with Crippen molar-refractivity contribution < 1.29 is 35.4 Å². The zero-order valence-corrected chi connectivity index (χ0v) is 19.6. The van der Waals surface area contributed by atoms with Gasteiger partial charge in [-0.15, -0.1) is 0 Å². The summed E-state index contributed by atoms with van der Waals surface area (Å²) in [6.07, 6.45) is 8.26. The number of aliphatic hydroxyl groups excluding tert-OH is 6. The molecule has 8 nitrogen and oxygen atoms in total. The van der Waals surface area contributed by atoms with Gasteiger partial charge in [0, 0.05) is 0 Å². The molecule has 0 radical (unpaired) electrons. The Morgan fingerprint density at radius 1 is 0.812 bits per heavy atom. The average Bonchev–Trinajstić information content (AvgIpc) is 2.79. The van der Waals surface area contributed by atoms with E-state index in [9.17, 15) is 30.6 Å². The predicted molar refractivity (Wildman–Crippen MR) is 124 cm³/mol. The highest BCUT2D eigenvalue weighted by Gasteiger charge is 2.47. The first kappa shape index (κ1) is 29.5. The number of ether oxygens (including phenoxy) is 1. The number of nitrogens with two attached hydrogens (primary N) is 1. The first-order valence-corrected chi connectivity index (χ1v) is 12.4. The summed E-state index contributed by atoms with van der Waals surface area (Å²) in [5.74, 6) is 0. The zero-order chi connectivity index (χ0) is 23.9. The topological polar surface area (TPSA) is 157 Å². The van der Waals surface area contributed by atoms with Crippen LogP contribution in [0.4, 0.5) is 0 Å². The monoisotopic (exact) mass is 461 g/mol. The van der Waals surface area contributed by atoms with Crippen molar-refractivity contribution in [1.29, 1.82) is 0 Å².